The van der Waals surface area contributed by atoms with Gasteiger partial charge in [0, 0.05) is 30.6 Å². The Balaban J connectivity index is 4.11. The summed E-state index contributed by atoms with van der Waals surface area (Å²) in [6, 6.07) is -0.698. The smallest absolute Gasteiger partial charge is 0.219 e. The summed E-state index contributed by atoms with van der Waals surface area (Å²) < 4.78 is 0. The molecule has 0 aliphatic carbocycles. The first kappa shape index (κ1) is 16.2. The first-order valence-electron chi connectivity index (χ1n) is 5.85. The maximum Gasteiger partial charge on any atom is 0.219 e. The zero-order valence-corrected chi connectivity index (χ0v) is 10.8. The van der Waals surface area contributed by atoms with Crippen LogP contribution in [0.2, 0.25) is 0 Å². The van der Waals surface area contributed by atoms with Gasteiger partial charge in [-0.15, -0.1) is 0 Å². The molecule has 5 heteroatoms. The second-order valence-electron chi connectivity index (χ2n) is 4.17. The van der Waals surface area contributed by atoms with Crippen LogP contribution < -0.4 is 0 Å². The van der Waals surface area contributed by atoms with Crippen LogP contribution in [0.15, 0.2) is 24.3 Å². The average Bonchev–Trinajstić information content (AvgIpc) is 2.25. The molecule has 0 rings (SSSR count). The average molecular weight is 253 g/mol. The predicted octanol–water partition coefficient (Wildman–Crippen LogP) is 2.48. The van der Waals surface area contributed by atoms with Crippen molar-refractivity contribution in [3.63, 3.8) is 0 Å². The standard InChI is InChI=1S/C13H19NO4/c1-11(15)7-3-5-9-13(14(17)18)10-6-4-8-12(2)16/h3-6,13H,7-10H2,1-2H3/b5-3+,6-4+. The highest BCUT2D eigenvalue weighted by atomic mass is 16.6. The highest BCUT2D eigenvalue weighted by Gasteiger charge is 2.15. The normalized spacial score (nSPS) is 11.5. The Morgan fingerprint density at radius 2 is 1.39 bits per heavy atom. The quantitative estimate of drug-likeness (QED) is 0.359. The van der Waals surface area contributed by atoms with Gasteiger partial charge in [0.25, 0.3) is 0 Å². The van der Waals surface area contributed by atoms with Crippen molar-refractivity contribution in [3.8, 4) is 0 Å². The molecule has 0 heterocycles. The second kappa shape index (κ2) is 9.27. The predicted molar refractivity (Wildman–Crippen MR) is 68.9 cm³/mol. The van der Waals surface area contributed by atoms with Crippen LogP contribution in [0.1, 0.15) is 39.5 Å². The summed E-state index contributed by atoms with van der Waals surface area (Å²) in [6.07, 6.45) is 7.84. The Hall–Kier alpha value is -1.78. The lowest BCUT2D eigenvalue weighted by atomic mass is 10.1. The maximum absolute atomic E-state index is 10.8. The molecule has 0 atom stereocenters. The first-order chi connectivity index (χ1) is 8.43. The van der Waals surface area contributed by atoms with Gasteiger partial charge in [-0.25, -0.2) is 0 Å². The van der Waals surface area contributed by atoms with Crippen LogP contribution in [0.4, 0.5) is 0 Å². The van der Waals surface area contributed by atoms with Gasteiger partial charge in [0.05, 0.1) is 0 Å². The Kier molecular flexibility index (Phi) is 8.35. The lowest BCUT2D eigenvalue weighted by Gasteiger charge is -2.03. The van der Waals surface area contributed by atoms with E-state index in [0.717, 1.165) is 0 Å². The fourth-order valence-corrected chi connectivity index (χ4v) is 1.27. The molecule has 0 spiro atoms. The van der Waals surface area contributed by atoms with Crippen molar-refractivity contribution in [1.82, 2.24) is 0 Å². The van der Waals surface area contributed by atoms with Crippen molar-refractivity contribution < 1.29 is 14.5 Å². The van der Waals surface area contributed by atoms with E-state index in [1.54, 1.807) is 24.3 Å². The third-order valence-corrected chi connectivity index (χ3v) is 2.26. The molecule has 0 aliphatic heterocycles. The van der Waals surface area contributed by atoms with E-state index in [0.29, 0.717) is 25.7 Å². The van der Waals surface area contributed by atoms with Crippen LogP contribution in [-0.2, 0) is 9.59 Å². The SMILES string of the molecule is CC(=O)C/C=C/CC(C/C=C/CC(C)=O)[N+](=O)[O-]. The highest BCUT2D eigenvalue weighted by molar-refractivity contribution is 5.77. The molecule has 0 fully saturated rings. The van der Waals surface area contributed by atoms with Gasteiger partial charge in [0.15, 0.2) is 0 Å². The number of ketones is 2. The van der Waals surface area contributed by atoms with Crippen LogP contribution in [-0.4, -0.2) is 22.5 Å². The topological polar surface area (TPSA) is 77.3 Å². The van der Waals surface area contributed by atoms with Gasteiger partial charge in [-0.3, -0.25) is 19.7 Å². The van der Waals surface area contributed by atoms with Crippen molar-refractivity contribution >= 4 is 11.6 Å². The van der Waals surface area contributed by atoms with Crippen molar-refractivity contribution in [1.29, 1.82) is 0 Å². The van der Waals surface area contributed by atoms with Crippen LogP contribution in [0.25, 0.3) is 0 Å². The number of hydrogen-bond acceptors (Lipinski definition) is 4. The van der Waals surface area contributed by atoms with Gasteiger partial charge in [0.1, 0.15) is 11.6 Å². The molecule has 0 radical (unpaired) electrons. The number of Topliss-reactive ketones (excluding diaryl/α,β-unsaturated/α-hetero) is 2. The van der Waals surface area contributed by atoms with E-state index in [2.05, 4.69) is 0 Å². The second-order valence-corrected chi connectivity index (χ2v) is 4.17. The largest absolute Gasteiger partial charge is 0.300 e. The summed E-state index contributed by atoms with van der Waals surface area (Å²) in [6.45, 7) is 2.94. The molecule has 0 amide bonds. The Labute approximate surface area is 107 Å². The molecule has 18 heavy (non-hydrogen) atoms. The van der Waals surface area contributed by atoms with Crippen molar-refractivity contribution in [3.05, 3.63) is 34.4 Å². The van der Waals surface area contributed by atoms with E-state index in [1.807, 2.05) is 0 Å². The molecule has 100 valence electrons. The monoisotopic (exact) mass is 253 g/mol. The molecule has 0 aromatic heterocycles. The summed E-state index contributed by atoms with van der Waals surface area (Å²) in [7, 11) is 0. The number of hydrogen-bond donors (Lipinski definition) is 0. The van der Waals surface area contributed by atoms with E-state index >= 15 is 0 Å². The van der Waals surface area contributed by atoms with Crippen molar-refractivity contribution in [2.75, 3.05) is 0 Å². The van der Waals surface area contributed by atoms with E-state index in [9.17, 15) is 19.7 Å². The number of carbonyl (C=O) groups excluding carboxylic acids is 2. The third-order valence-electron chi connectivity index (χ3n) is 2.26. The summed E-state index contributed by atoms with van der Waals surface area (Å²) in [5.74, 6) is 0.0653. The molecule has 0 unspecified atom stereocenters. The van der Waals surface area contributed by atoms with Gasteiger partial charge in [-0.1, -0.05) is 24.3 Å². The number of carbonyl (C=O) groups is 2. The number of rotatable bonds is 9. The number of nitrogens with zero attached hydrogens (tertiary/aromatic N) is 1. The minimum absolute atomic E-state index is 0.0326. The summed E-state index contributed by atoms with van der Waals surface area (Å²) in [5, 5.41) is 10.8. The van der Waals surface area contributed by atoms with E-state index in [-0.39, 0.29) is 16.5 Å². The number of nitro groups is 1. The molecule has 0 aromatic carbocycles. The van der Waals surface area contributed by atoms with Crippen molar-refractivity contribution in [2.24, 2.45) is 0 Å². The van der Waals surface area contributed by atoms with Gasteiger partial charge in [0.2, 0.25) is 6.04 Å². The molecular weight excluding hydrogens is 234 g/mol. The van der Waals surface area contributed by atoms with Gasteiger partial charge in [-0.2, -0.15) is 0 Å². The lowest BCUT2D eigenvalue weighted by molar-refractivity contribution is -0.520. The Morgan fingerprint density at radius 3 is 1.67 bits per heavy atom. The first-order valence-corrected chi connectivity index (χ1v) is 5.85. The zero-order chi connectivity index (χ0) is 14.0. The lowest BCUT2D eigenvalue weighted by Crippen LogP contribution is -2.17. The van der Waals surface area contributed by atoms with E-state index in [4.69, 9.17) is 0 Å². The zero-order valence-electron chi connectivity index (χ0n) is 10.8. The minimum Gasteiger partial charge on any atom is -0.300 e. The molecule has 5 nitrogen and oxygen atoms in total. The highest BCUT2D eigenvalue weighted by Crippen LogP contribution is 2.06. The Bertz CT molecular complexity index is 330. The molecule has 0 aromatic rings. The minimum atomic E-state index is -0.698. The molecule has 0 saturated carbocycles. The maximum atomic E-state index is 10.8. The van der Waals surface area contributed by atoms with Crippen LogP contribution in [0.5, 0.6) is 0 Å². The fraction of sp³-hybridized carbons (Fsp3) is 0.538. The summed E-state index contributed by atoms with van der Waals surface area (Å²) in [5.41, 5.74) is 0. The third kappa shape index (κ3) is 9.45. The van der Waals surface area contributed by atoms with Crippen LogP contribution in [0.3, 0.4) is 0 Å². The molecular formula is C13H19NO4. The van der Waals surface area contributed by atoms with Crippen molar-refractivity contribution in [2.45, 2.75) is 45.6 Å². The molecule has 0 saturated heterocycles. The van der Waals surface area contributed by atoms with Crippen LogP contribution in [0, 0.1) is 10.1 Å². The Morgan fingerprint density at radius 1 is 1.00 bits per heavy atom. The van der Waals surface area contributed by atoms with Crippen LogP contribution >= 0.6 is 0 Å². The number of allylic oxidation sites excluding steroid dienone is 2. The summed E-state index contributed by atoms with van der Waals surface area (Å²) >= 11 is 0. The molecule has 0 N–H and O–H groups in total. The van der Waals surface area contributed by atoms with E-state index in [1.165, 1.54) is 13.8 Å². The van der Waals surface area contributed by atoms with Gasteiger partial charge < -0.3 is 0 Å². The fourth-order valence-electron chi connectivity index (χ4n) is 1.27. The molecule has 0 bridgehead atoms. The van der Waals surface area contributed by atoms with E-state index < -0.39 is 6.04 Å². The summed E-state index contributed by atoms with van der Waals surface area (Å²) in [4.78, 5) is 31.8. The van der Waals surface area contributed by atoms with Gasteiger partial charge in [-0.05, 0) is 13.8 Å². The molecule has 0 aliphatic rings. The van der Waals surface area contributed by atoms with Gasteiger partial charge >= 0.3 is 0 Å².